The van der Waals surface area contributed by atoms with Gasteiger partial charge in [0.25, 0.3) is 5.69 Å². The number of nitro groups is 1. The molecule has 0 amide bonds. The monoisotopic (exact) mass is 271 g/mol. The number of nitrogens with zero attached hydrogens (tertiary/aromatic N) is 2. The zero-order chi connectivity index (χ0) is 14.7. The molecule has 1 N–H and O–H groups in total. The molecule has 5 heteroatoms. The van der Waals surface area contributed by atoms with Crippen molar-refractivity contribution in [2.45, 2.75) is 19.8 Å². The van der Waals surface area contributed by atoms with E-state index < -0.39 is 4.92 Å². The average molecular weight is 271 g/mol. The summed E-state index contributed by atoms with van der Waals surface area (Å²) in [5.41, 5.74) is 2.73. The molecule has 0 fully saturated rings. The van der Waals surface area contributed by atoms with Gasteiger partial charge in [0, 0.05) is 18.7 Å². The van der Waals surface area contributed by atoms with Crippen molar-refractivity contribution in [3.8, 4) is 11.3 Å². The van der Waals surface area contributed by atoms with Gasteiger partial charge in [-0.3, -0.25) is 10.1 Å². The van der Waals surface area contributed by atoms with Crippen LogP contribution in [-0.4, -0.2) is 17.0 Å². The average Bonchev–Trinajstić information content (AvgIpc) is 2.46. The van der Waals surface area contributed by atoms with Crippen molar-refractivity contribution >= 4 is 11.5 Å². The Kier molecular flexibility index (Phi) is 3.98. The van der Waals surface area contributed by atoms with Gasteiger partial charge in [-0.1, -0.05) is 38.1 Å². The molecular weight excluding hydrogens is 254 g/mol. The van der Waals surface area contributed by atoms with Gasteiger partial charge in [-0.2, -0.15) is 0 Å². The first-order valence-electron chi connectivity index (χ1n) is 6.46. The van der Waals surface area contributed by atoms with Crippen LogP contribution in [0.1, 0.15) is 25.3 Å². The van der Waals surface area contributed by atoms with Crippen LogP contribution in [0, 0.1) is 10.1 Å². The van der Waals surface area contributed by atoms with E-state index in [-0.39, 0.29) is 5.69 Å². The second kappa shape index (κ2) is 5.69. The van der Waals surface area contributed by atoms with Gasteiger partial charge in [0.2, 0.25) is 0 Å². The van der Waals surface area contributed by atoms with Gasteiger partial charge in [-0.15, -0.1) is 0 Å². The molecule has 2 aromatic rings. The molecule has 0 atom stereocenters. The second-order valence-corrected chi connectivity index (χ2v) is 4.88. The first kappa shape index (κ1) is 14.0. The first-order valence-corrected chi connectivity index (χ1v) is 6.46. The number of hydrogen-bond acceptors (Lipinski definition) is 4. The van der Waals surface area contributed by atoms with Gasteiger partial charge < -0.3 is 5.32 Å². The van der Waals surface area contributed by atoms with Crippen LogP contribution in [-0.2, 0) is 0 Å². The fourth-order valence-corrected chi connectivity index (χ4v) is 1.94. The molecule has 0 saturated heterocycles. The topological polar surface area (TPSA) is 68.1 Å². The number of hydrogen-bond donors (Lipinski definition) is 1. The minimum atomic E-state index is -0.408. The summed E-state index contributed by atoms with van der Waals surface area (Å²) in [7, 11) is 1.69. The highest BCUT2D eigenvalue weighted by molar-refractivity contribution is 5.65. The van der Waals surface area contributed by atoms with E-state index in [0.29, 0.717) is 17.4 Å². The lowest BCUT2D eigenvalue weighted by Gasteiger charge is -2.08. The SMILES string of the molecule is CNc1cc([N+](=O)[O-])cc(-c2ccc(C(C)C)cc2)n1. The molecule has 0 aliphatic carbocycles. The normalized spacial score (nSPS) is 10.6. The number of aromatic nitrogens is 1. The molecular formula is C15H17N3O2. The summed E-state index contributed by atoms with van der Waals surface area (Å²) < 4.78 is 0. The van der Waals surface area contributed by atoms with Gasteiger partial charge in [-0.25, -0.2) is 4.98 Å². The Labute approximate surface area is 117 Å². The fraction of sp³-hybridized carbons (Fsp3) is 0.267. The number of nitrogens with one attached hydrogen (secondary N) is 1. The van der Waals surface area contributed by atoms with Crippen LogP contribution in [0.25, 0.3) is 11.3 Å². The molecule has 0 aliphatic rings. The van der Waals surface area contributed by atoms with Crippen LogP contribution in [0.5, 0.6) is 0 Å². The Balaban J connectivity index is 2.45. The third-order valence-corrected chi connectivity index (χ3v) is 3.15. The summed E-state index contributed by atoms with van der Waals surface area (Å²) in [6, 6.07) is 10.9. The van der Waals surface area contributed by atoms with Gasteiger partial charge in [0.1, 0.15) is 5.82 Å². The molecule has 0 bridgehead atoms. The maximum Gasteiger partial charge on any atom is 0.275 e. The van der Waals surface area contributed by atoms with E-state index in [1.807, 2.05) is 24.3 Å². The quantitative estimate of drug-likeness (QED) is 0.678. The summed E-state index contributed by atoms with van der Waals surface area (Å²) in [5, 5.41) is 13.8. The van der Waals surface area contributed by atoms with Crippen molar-refractivity contribution in [1.82, 2.24) is 4.98 Å². The van der Waals surface area contributed by atoms with E-state index in [4.69, 9.17) is 0 Å². The molecule has 1 aromatic heterocycles. The molecule has 5 nitrogen and oxygen atoms in total. The predicted octanol–water partition coefficient (Wildman–Crippen LogP) is 3.82. The minimum Gasteiger partial charge on any atom is -0.373 e. The summed E-state index contributed by atoms with van der Waals surface area (Å²) in [6.45, 7) is 4.25. The molecule has 0 spiro atoms. The van der Waals surface area contributed by atoms with E-state index in [1.54, 1.807) is 7.05 Å². The fourth-order valence-electron chi connectivity index (χ4n) is 1.94. The third-order valence-electron chi connectivity index (χ3n) is 3.15. The molecule has 2 rings (SSSR count). The standard InChI is InChI=1S/C15H17N3O2/c1-10(2)11-4-6-12(7-5-11)14-8-13(18(19)20)9-15(16-3)17-14/h4-10H,1-3H3,(H,16,17). The summed E-state index contributed by atoms with van der Waals surface area (Å²) in [4.78, 5) is 14.9. The van der Waals surface area contributed by atoms with Gasteiger partial charge >= 0.3 is 0 Å². The Bertz CT molecular complexity index is 622. The van der Waals surface area contributed by atoms with Crippen LogP contribution >= 0.6 is 0 Å². The van der Waals surface area contributed by atoms with Crippen molar-refractivity contribution in [3.05, 3.63) is 52.1 Å². The second-order valence-electron chi connectivity index (χ2n) is 4.88. The lowest BCUT2D eigenvalue weighted by atomic mass is 10.0. The van der Waals surface area contributed by atoms with Crippen molar-refractivity contribution in [2.75, 3.05) is 12.4 Å². The van der Waals surface area contributed by atoms with Gasteiger partial charge in [0.05, 0.1) is 16.7 Å². The Morgan fingerprint density at radius 3 is 2.35 bits per heavy atom. The zero-order valence-electron chi connectivity index (χ0n) is 11.8. The maximum absolute atomic E-state index is 10.9. The lowest BCUT2D eigenvalue weighted by molar-refractivity contribution is -0.384. The van der Waals surface area contributed by atoms with Crippen LogP contribution in [0.15, 0.2) is 36.4 Å². The smallest absolute Gasteiger partial charge is 0.275 e. The highest BCUT2D eigenvalue weighted by Gasteiger charge is 2.12. The van der Waals surface area contributed by atoms with Crippen molar-refractivity contribution in [3.63, 3.8) is 0 Å². The molecule has 1 aromatic carbocycles. The molecule has 0 radical (unpaired) electrons. The van der Waals surface area contributed by atoms with Crippen molar-refractivity contribution in [2.24, 2.45) is 0 Å². The summed E-state index contributed by atoms with van der Waals surface area (Å²) >= 11 is 0. The zero-order valence-corrected chi connectivity index (χ0v) is 11.8. The Hall–Kier alpha value is -2.43. The van der Waals surface area contributed by atoms with Crippen LogP contribution in [0.2, 0.25) is 0 Å². The van der Waals surface area contributed by atoms with E-state index in [1.165, 1.54) is 17.7 Å². The van der Waals surface area contributed by atoms with E-state index in [0.717, 1.165) is 5.56 Å². The van der Waals surface area contributed by atoms with Crippen LogP contribution in [0.3, 0.4) is 0 Å². The van der Waals surface area contributed by atoms with Crippen LogP contribution < -0.4 is 5.32 Å². The van der Waals surface area contributed by atoms with E-state index in [2.05, 4.69) is 24.1 Å². The Morgan fingerprint density at radius 2 is 1.85 bits per heavy atom. The van der Waals surface area contributed by atoms with Crippen LogP contribution in [0.4, 0.5) is 11.5 Å². The lowest BCUT2D eigenvalue weighted by Crippen LogP contribution is -1.97. The number of rotatable bonds is 4. The predicted molar refractivity (Wildman–Crippen MR) is 80.0 cm³/mol. The van der Waals surface area contributed by atoms with E-state index in [9.17, 15) is 10.1 Å². The molecule has 1 heterocycles. The van der Waals surface area contributed by atoms with Gasteiger partial charge in [0.15, 0.2) is 0 Å². The molecule has 0 aliphatic heterocycles. The first-order chi connectivity index (χ1) is 9.51. The van der Waals surface area contributed by atoms with E-state index >= 15 is 0 Å². The highest BCUT2D eigenvalue weighted by atomic mass is 16.6. The Morgan fingerprint density at radius 1 is 1.20 bits per heavy atom. The maximum atomic E-state index is 10.9. The van der Waals surface area contributed by atoms with Crippen molar-refractivity contribution < 1.29 is 4.92 Å². The third kappa shape index (κ3) is 2.93. The summed E-state index contributed by atoms with van der Waals surface area (Å²) in [5.74, 6) is 0.942. The molecule has 104 valence electrons. The number of benzene rings is 1. The molecule has 20 heavy (non-hydrogen) atoms. The molecule has 0 unspecified atom stereocenters. The molecule has 0 saturated carbocycles. The minimum absolute atomic E-state index is 0.0345. The summed E-state index contributed by atoms with van der Waals surface area (Å²) in [6.07, 6.45) is 0. The largest absolute Gasteiger partial charge is 0.373 e. The number of anilines is 1. The number of pyridine rings is 1. The highest BCUT2D eigenvalue weighted by Crippen LogP contribution is 2.26. The van der Waals surface area contributed by atoms with Crippen molar-refractivity contribution in [1.29, 1.82) is 0 Å². The van der Waals surface area contributed by atoms with Gasteiger partial charge in [-0.05, 0) is 11.5 Å².